The second-order valence-electron chi connectivity index (χ2n) is 10.0. The molecule has 3 aromatic carbocycles. The number of carbonyl (C=O) groups is 1. The van der Waals surface area contributed by atoms with E-state index in [1.54, 1.807) is 16.7 Å². The Bertz CT molecular complexity index is 1650. The van der Waals surface area contributed by atoms with Crippen molar-refractivity contribution in [3.8, 4) is 16.9 Å². The van der Waals surface area contributed by atoms with Gasteiger partial charge in [0.2, 0.25) is 21.9 Å². The summed E-state index contributed by atoms with van der Waals surface area (Å²) < 4.78 is 35.9. The molecule has 1 N–H and O–H groups in total. The Kier molecular flexibility index (Phi) is 8.82. The van der Waals surface area contributed by atoms with Gasteiger partial charge < -0.3 is 4.74 Å². The molecule has 0 saturated carbocycles. The van der Waals surface area contributed by atoms with E-state index in [1.165, 1.54) is 24.3 Å². The molecule has 2 heterocycles. The number of carbonyl (C=O) groups excluding carboxylic acids is 1. The zero-order valence-corrected chi connectivity index (χ0v) is 25.0. The summed E-state index contributed by atoms with van der Waals surface area (Å²) in [7, 11) is -4.01. The molecule has 1 aliphatic heterocycles. The maximum atomic E-state index is 13.6. The number of halogens is 2. The first kappa shape index (κ1) is 29.3. The van der Waals surface area contributed by atoms with Crippen LogP contribution in [0.25, 0.3) is 16.9 Å². The lowest BCUT2D eigenvalue weighted by molar-refractivity contribution is -0.116. The number of nitrogens with zero attached hydrogens (tertiary/aromatic N) is 3. The largest absolute Gasteiger partial charge is 0.377 e. The van der Waals surface area contributed by atoms with E-state index in [0.29, 0.717) is 22.3 Å². The molecule has 1 saturated heterocycles. The van der Waals surface area contributed by atoms with Gasteiger partial charge in [0.25, 0.3) is 0 Å². The number of aromatic nitrogens is 2. The summed E-state index contributed by atoms with van der Waals surface area (Å²) in [6.07, 6.45) is 3.10. The van der Waals surface area contributed by atoms with Gasteiger partial charge in [-0.15, -0.1) is 0 Å². The van der Waals surface area contributed by atoms with Gasteiger partial charge in [0.15, 0.2) is 0 Å². The number of sulfonamides is 1. The average molecular weight is 614 g/mol. The molecule has 41 heavy (non-hydrogen) atoms. The van der Waals surface area contributed by atoms with Crippen LogP contribution in [-0.4, -0.2) is 54.0 Å². The van der Waals surface area contributed by atoms with Crippen molar-refractivity contribution in [2.24, 2.45) is 0 Å². The van der Waals surface area contributed by atoms with Crippen molar-refractivity contribution in [3.05, 3.63) is 94.1 Å². The standard InChI is InChI=1S/C30H30Cl2N4O4S/c1-20-5-12-25(16-21(20)2)36-18-28(22-6-8-23(31)9-7-22)33-30(36)34-29(37)19-35(17-26-4-3-15-40-26)41(38,39)27-13-10-24(32)11-14-27/h5-14,16,18,26H,3-4,15,17,19H2,1-2H3,(H,33,34,37)/t26-/m1/s1. The topological polar surface area (TPSA) is 93.5 Å². The smallest absolute Gasteiger partial charge is 0.243 e. The lowest BCUT2D eigenvalue weighted by atomic mass is 10.1. The van der Waals surface area contributed by atoms with Crippen molar-refractivity contribution in [3.63, 3.8) is 0 Å². The van der Waals surface area contributed by atoms with Gasteiger partial charge in [-0.25, -0.2) is 13.4 Å². The second-order valence-corrected chi connectivity index (χ2v) is 12.8. The number of anilines is 1. The van der Waals surface area contributed by atoms with E-state index in [0.717, 1.165) is 39.5 Å². The van der Waals surface area contributed by atoms with Gasteiger partial charge in [-0.3, -0.25) is 14.7 Å². The highest BCUT2D eigenvalue weighted by molar-refractivity contribution is 7.89. The summed E-state index contributed by atoms with van der Waals surface area (Å²) in [6, 6.07) is 19.1. The highest BCUT2D eigenvalue weighted by atomic mass is 35.5. The minimum atomic E-state index is -4.01. The van der Waals surface area contributed by atoms with Crippen LogP contribution in [0.5, 0.6) is 0 Å². The third-order valence-electron chi connectivity index (χ3n) is 7.07. The lowest BCUT2D eigenvalue weighted by Gasteiger charge is -2.24. The fourth-order valence-corrected chi connectivity index (χ4v) is 6.32. The van der Waals surface area contributed by atoms with Crippen molar-refractivity contribution in [1.29, 1.82) is 0 Å². The molecule has 214 valence electrons. The number of imidazole rings is 1. The summed E-state index contributed by atoms with van der Waals surface area (Å²) in [5, 5.41) is 3.87. The zero-order chi connectivity index (χ0) is 29.1. The van der Waals surface area contributed by atoms with Crippen molar-refractivity contribution in [1.82, 2.24) is 13.9 Å². The van der Waals surface area contributed by atoms with E-state index in [1.807, 2.05) is 50.4 Å². The number of ether oxygens (including phenoxy) is 1. The summed E-state index contributed by atoms with van der Waals surface area (Å²) >= 11 is 12.1. The third kappa shape index (κ3) is 6.82. The van der Waals surface area contributed by atoms with Crippen LogP contribution >= 0.6 is 23.2 Å². The minimum Gasteiger partial charge on any atom is -0.377 e. The molecule has 5 rings (SSSR count). The van der Waals surface area contributed by atoms with E-state index in [4.69, 9.17) is 32.9 Å². The molecule has 1 atom stereocenters. The normalized spacial score (nSPS) is 15.4. The first-order valence-electron chi connectivity index (χ1n) is 13.2. The highest BCUT2D eigenvalue weighted by Gasteiger charge is 2.31. The summed E-state index contributed by atoms with van der Waals surface area (Å²) in [4.78, 5) is 18.2. The number of hydrogen-bond donors (Lipinski definition) is 1. The fraction of sp³-hybridized carbons (Fsp3) is 0.267. The summed E-state index contributed by atoms with van der Waals surface area (Å²) in [5.41, 5.74) is 4.46. The van der Waals surface area contributed by atoms with Gasteiger partial charge in [0, 0.05) is 40.6 Å². The van der Waals surface area contributed by atoms with Gasteiger partial charge in [0.05, 0.1) is 23.2 Å². The van der Waals surface area contributed by atoms with Crippen LogP contribution in [0.15, 0.2) is 77.8 Å². The van der Waals surface area contributed by atoms with Crippen LogP contribution in [0.2, 0.25) is 10.0 Å². The Labute approximate surface area is 249 Å². The molecule has 1 amide bonds. The molecule has 1 aliphatic rings. The van der Waals surface area contributed by atoms with Crippen LogP contribution in [0.1, 0.15) is 24.0 Å². The Hall–Kier alpha value is -3.21. The Balaban J connectivity index is 1.46. The van der Waals surface area contributed by atoms with Crippen LogP contribution in [-0.2, 0) is 19.6 Å². The van der Waals surface area contributed by atoms with Crippen molar-refractivity contribution in [2.45, 2.75) is 37.7 Å². The zero-order valence-electron chi connectivity index (χ0n) is 22.7. The van der Waals surface area contributed by atoms with Gasteiger partial charge in [-0.2, -0.15) is 4.31 Å². The number of rotatable bonds is 9. The maximum Gasteiger partial charge on any atom is 0.243 e. The number of hydrogen-bond acceptors (Lipinski definition) is 5. The van der Waals surface area contributed by atoms with E-state index >= 15 is 0 Å². The van der Waals surface area contributed by atoms with Crippen LogP contribution in [0.4, 0.5) is 5.95 Å². The number of amides is 1. The van der Waals surface area contributed by atoms with Crippen molar-refractivity contribution >= 4 is 45.1 Å². The average Bonchev–Trinajstić information content (AvgIpc) is 3.61. The second kappa shape index (κ2) is 12.3. The molecule has 11 heteroatoms. The molecular formula is C30H30Cl2N4O4S. The van der Waals surface area contributed by atoms with Crippen LogP contribution in [0.3, 0.4) is 0 Å². The quantitative estimate of drug-likeness (QED) is 0.240. The SMILES string of the molecule is Cc1ccc(-n2cc(-c3ccc(Cl)cc3)nc2NC(=O)CN(C[C@H]2CCCO2)S(=O)(=O)c2ccc(Cl)cc2)cc1C. The molecule has 8 nitrogen and oxygen atoms in total. The summed E-state index contributed by atoms with van der Waals surface area (Å²) in [6.45, 7) is 4.24. The van der Waals surface area contributed by atoms with Gasteiger partial charge in [-0.1, -0.05) is 41.4 Å². The molecule has 1 fully saturated rings. The van der Waals surface area contributed by atoms with Crippen LogP contribution in [0, 0.1) is 13.8 Å². The predicted octanol–water partition coefficient (Wildman–Crippen LogP) is 6.27. The molecule has 0 bridgehead atoms. The first-order chi connectivity index (χ1) is 19.6. The summed E-state index contributed by atoms with van der Waals surface area (Å²) in [5.74, 6) is -0.261. The monoisotopic (exact) mass is 612 g/mol. The first-order valence-corrected chi connectivity index (χ1v) is 15.4. The fourth-order valence-electron chi connectivity index (χ4n) is 4.64. The Morgan fingerprint density at radius 2 is 1.71 bits per heavy atom. The Morgan fingerprint density at radius 3 is 2.34 bits per heavy atom. The third-order valence-corrected chi connectivity index (χ3v) is 9.40. The number of benzene rings is 3. The van der Waals surface area contributed by atoms with Gasteiger partial charge in [0.1, 0.15) is 0 Å². The van der Waals surface area contributed by atoms with E-state index in [9.17, 15) is 13.2 Å². The van der Waals surface area contributed by atoms with Gasteiger partial charge in [-0.05, 0) is 86.3 Å². The molecule has 0 unspecified atom stereocenters. The number of nitrogens with one attached hydrogen (secondary N) is 1. The van der Waals surface area contributed by atoms with E-state index in [-0.39, 0.29) is 23.5 Å². The minimum absolute atomic E-state index is 0.0503. The van der Waals surface area contributed by atoms with E-state index < -0.39 is 22.5 Å². The molecule has 1 aromatic heterocycles. The molecule has 0 spiro atoms. The molecule has 0 aliphatic carbocycles. The van der Waals surface area contributed by atoms with Crippen LogP contribution < -0.4 is 5.32 Å². The highest BCUT2D eigenvalue weighted by Crippen LogP contribution is 2.27. The predicted molar refractivity (Wildman–Crippen MR) is 161 cm³/mol. The van der Waals surface area contributed by atoms with E-state index in [2.05, 4.69) is 5.32 Å². The Morgan fingerprint density at radius 1 is 1.02 bits per heavy atom. The van der Waals surface area contributed by atoms with Crippen molar-refractivity contribution < 1.29 is 17.9 Å². The number of aryl methyl sites for hydroxylation is 2. The molecule has 4 aromatic rings. The molecular weight excluding hydrogens is 583 g/mol. The lowest BCUT2D eigenvalue weighted by Crippen LogP contribution is -2.42. The van der Waals surface area contributed by atoms with Gasteiger partial charge >= 0.3 is 0 Å². The van der Waals surface area contributed by atoms with Crippen molar-refractivity contribution in [2.75, 3.05) is 25.0 Å². The maximum absolute atomic E-state index is 13.6. The molecule has 0 radical (unpaired) electrons.